The molecule has 1 saturated heterocycles. The van der Waals surface area contributed by atoms with Crippen molar-refractivity contribution in [1.82, 2.24) is 10.6 Å². The molecule has 2 nitrogen and oxygen atoms in total. The van der Waals surface area contributed by atoms with Crippen molar-refractivity contribution in [2.75, 3.05) is 13.1 Å². The van der Waals surface area contributed by atoms with E-state index in [1.807, 2.05) is 25.6 Å². The smallest absolute Gasteiger partial charge is 0.0801 e. The molecule has 2 N–H and O–H groups in total. The number of thioether (sulfide) groups is 1. The first kappa shape index (κ1) is 11.9. The zero-order valence-corrected chi connectivity index (χ0v) is 10.3. The molecule has 0 aromatic carbocycles. The summed E-state index contributed by atoms with van der Waals surface area (Å²) in [7, 11) is 0. The standard InChI is InChI=1S/C9H16N2S.C2H6/c1-7-5-11-9(12-7)8-3-2-4-10-6-8;1-2/h5,8-11H,2-4,6H2,1H3;1-2H3. The molecule has 2 unspecified atom stereocenters. The van der Waals surface area contributed by atoms with Gasteiger partial charge < -0.3 is 10.6 Å². The van der Waals surface area contributed by atoms with Gasteiger partial charge in [-0.25, -0.2) is 0 Å². The van der Waals surface area contributed by atoms with Crippen molar-refractivity contribution in [1.29, 1.82) is 0 Å². The number of allylic oxidation sites excluding steroid dienone is 1. The average Bonchev–Trinajstić information content (AvgIpc) is 2.69. The predicted octanol–water partition coefficient (Wildman–Crippen LogP) is 2.54. The lowest BCUT2D eigenvalue weighted by Crippen LogP contribution is -2.39. The Labute approximate surface area is 91.9 Å². The molecule has 0 amide bonds. The van der Waals surface area contributed by atoms with Crippen molar-refractivity contribution in [3.8, 4) is 0 Å². The van der Waals surface area contributed by atoms with E-state index in [1.54, 1.807) is 0 Å². The molecular formula is C11H22N2S. The van der Waals surface area contributed by atoms with E-state index >= 15 is 0 Å². The summed E-state index contributed by atoms with van der Waals surface area (Å²) in [6.07, 6.45) is 4.85. The Morgan fingerprint density at radius 1 is 1.43 bits per heavy atom. The second-order valence-electron chi connectivity index (χ2n) is 3.57. The highest BCUT2D eigenvalue weighted by Crippen LogP contribution is 2.32. The number of rotatable bonds is 1. The van der Waals surface area contributed by atoms with Gasteiger partial charge in [-0.15, -0.1) is 11.8 Å². The first-order valence-electron chi connectivity index (χ1n) is 5.66. The molecule has 0 saturated carbocycles. The zero-order valence-electron chi connectivity index (χ0n) is 9.47. The SMILES string of the molecule is CC.CC1=CNC(C2CCCNC2)S1. The Bertz CT molecular complexity index is 186. The fourth-order valence-electron chi connectivity index (χ4n) is 1.84. The largest absolute Gasteiger partial charge is 0.378 e. The number of hydrogen-bond acceptors (Lipinski definition) is 3. The van der Waals surface area contributed by atoms with Gasteiger partial charge in [-0.1, -0.05) is 13.8 Å². The minimum atomic E-state index is 0.637. The Balaban J connectivity index is 0.000000461. The minimum absolute atomic E-state index is 0.637. The highest BCUT2D eigenvalue weighted by molar-refractivity contribution is 8.03. The van der Waals surface area contributed by atoms with Crippen LogP contribution in [0.3, 0.4) is 0 Å². The van der Waals surface area contributed by atoms with Gasteiger partial charge in [0.1, 0.15) is 0 Å². The van der Waals surface area contributed by atoms with E-state index in [0.717, 1.165) is 5.92 Å². The summed E-state index contributed by atoms with van der Waals surface area (Å²) in [5.41, 5.74) is 0. The third kappa shape index (κ3) is 3.21. The van der Waals surface area contributed by atoms with Crippen LogP contribution in [0.4, 0.5) is 0 Å². The first-order valence-corrected chi connectivity index (χ1v) is 6.54. The van der Waals surface area contributed by atoms with Gasteiger partial charge in [-0.3, -0.25) is 0 Å². The molecule has 2 atom stereocenters. The summed E-state index contributed by atoms with van der Waals surface area (Å²) in [6, 6.07) is 0. The third-order valence-electron chi connectivity index (χ3n) is 2.53. The summed E-state index contributed by atoms with van der Waals surface area (Å²) >= 11 is 1.98. The van der Waals surface area contributed by atoms with Crippen molar-refractivity contribution >= 4 is 11.8 Å². The maximum Gasteiger partial charge on any atom is 0.0801 e. The van der Waals surface area contributed by atoms with Crippen LogP contribution in [0.2, 0.25) is 0 Å². The molecule has 2 heterocycles. The van der Waals surface area contributed by atoms with Crippen molar-refractivity contribution in [3.63, 3.8) is 0 Å². The van der Waals surface area contributed by atoms with Crippen LogP contribution in [0.5, 0.6) is 0 Å². The van der Waals surface area contributed by atoms with Crippen molar-refractivity contribution in [2.45, 2.75) is 39.0 Å². The Kier molecular flexibility index (Phi) is 5.41. The zero-order chi connectivity index (χ0) is 10.4. The lowest BCUT2D eigenvalue weighted by molar-refractivity contribution is 0.357. The second kappa shape index (κ2) is 6.36. The maximum atomic E-state index is 3.45. The molecule has 0 bridgehead atoms. The normalized spacial score (nSPS) is 31.2. The van der Waals surface area contributed by atoms with E-state index in [0.29, 0.717) is 5.37 Å². The molecular weight excluding hydrogens is 192 g/mol. The number of hydrogen-bond donors (Lipinski definition) is 2. The summed E-state index contributed by atoms with van der Waals surface area (Å²) < 4.78 is 0. The van der Waals surface area contributed by atoms with Gasteiger partial charge >= 0.3 is 0 Å². The van der Waals surface area contributed by atoms with E-state index in [-0.39, 0.29) is 0 Å². The minimum Gasteiger partial charge on any atom is -0.378 e. The van der Waals surface area contributed by atoms with Crippen LogP contribution in [-0.4, -0.2) is 18.5 Å². The molecule has 2 aliphatic heterocycles. The van der Waals surface area contributed by atoms with Crippen molar-refractivity contribution < 1.29 is 0 Å². The molecule has 0 radical (unpaired) electrons. The Morgan fingerprint density at radius 3 is 2.71 bits per heavy atom. The van der Waals surface area contributed by atoms with Crippen LogP contribution >= 0.6 is 11.8 Å². The molecule has 1 fully saturated rings. The second-order valence-corrected chi connectivity index (χ2v) is 4.95. The molecule has 0 aliphatic carbocycles. The monoisotopic (exact) mass is 214 g/mol. The van der Waals surface area contributed by atoms with Gasteiger partial charge in [0.25, 0.3) is 0 Å². The Hall–Kier alpha value is -0.150. The van der Waals surface area contributed by atoms with E-state index < -0.39 is 0 Å². The molecule has 0 aromatic heterocycles. The summed E-state index contributed by atoms with van der Waals surface area (Å²) in [6.45, 7) is 8.57. The number of nitrogens with one attached hydrogen (secondary N) is 2. The van der Waals surface area contributed by atoms with Crippen LogP contribution < -0.4 is 10.6 Å². The van der Waals surface area contributed by atoms with Crippen molar-refractivity contribution in [2.24, 2.45) is 5.92 Å². The van der Waals surface area contributed by atoms with Crippen LogP contribution in [0.15, 0.2) is 11.1 Å². The van der Waals surface area contributed by atoms with Gasteiger partial charge in [0.2, 0.25) is 0 Å². The predicted molar refractivity (Wildman–Crippen MR) is 65.2 cm³/mol. The maximum absolute atomic E-state index is 3.45. The number of piperidine rings is 1. The molecule has 2 aliphatic rings. The Morgan fingerprint density at radius 2 is 2.21 bits per heavy atom. The lowest BCUT2D eigenvalue weighted by Gasteiger charge is -2.27. The van der Waals surface area contributed by atoms with Gasteiger partial charge in [-0.05, 0) is 31.2 Å². The summed E-state index contributed by atoms with van der Waals surface area (Å²) in [5.74, 6) is 0.817. The van der Waals surface area contributed by atoms with Crippen LogP contribution in [0.1, 0.15) is 33.6 Å². The molecule has 14 heavy (non-hydrogen) atoms. The molecule has 0 aromatic rings. The van der Waals surface area contributed by atoms with Gasteiger partial charge in [0, 0.05) is 18.7 Å². The topological polar surface area (TPSA) is 24.1 Å². The van der Waals surface area contributed by atoms with Crippen LogP contribution in [0.25, 0.3) is 0 Å². The highest BCUT2D eigenvalue weighted by Gasteiger charge is 2.25. The van der Waals surface area contributed by atoms with E-state index in [4.69, 9.17) is 0 Å². The van der Waals surface area contributed by atoms with Gasteiger partial charge in [-0.2, -0.15) is 0 Å². The first-order chi connectivity index (χ1) is 6.86. The van der Waals surface area contributed by atoms with Crippen molar-refractivity contribution in [3.05, 3.63) is 11.1 Å². The summed E-state index contributed by atoms with van der Waals surface area (Å²) in [5, 5.41) is 7.52. The van der Waals surface area contributed by atoms with Gasteiger partial charge in [0.15, 0.2) is 0 Å². The fraction of sp³-hybridized carbons (Fsp3) is 0.818. The average molecular weight is 214 g/mol. The lowest BCUT2D eigenvalue weighted by atomic mass is 9.99. The van der Waals surface area contributed by atoms with Crippen LogP contribution in [0, 0.1) is 5.92 Å². The highest BCUT2D eigenvalue weighted by atomic mass is 32.2. The molecule has 3 heteroatoms. The summed E-state index contributed by atoms with van der Waals surface area (Å²) in [4.78, 5) is 1.42. The quantitative estimate of drug-likeness (QED) is 0.701. The molecule has 2 rings (SSSR count). The van der Waals surface area contributed by atoms with E-state index in [1.165, 1.54) is 30.8 Å². The van der Waals surface area contributed by atoms with E-state index in [2.05, 4.69) is 23.8 Å². The molecule has 0 spiro atoms. The van der Waals surface area contributed by atoms with Crippen LogP contribution in [-0.2, 0) is 0 Å². The van der Waals surface area contributed by atoms with Gasteiger partial charge in [0.05, 0.1) is 5.37 Å². The third-order valence-corrected chi connectivity index (χ3v) is 3.79. The fourth-order valence-corrected chi connectivity index (χ4v) is 2.93. The molecule has 82 valence electrons. The van der Waals surface area contributed by atoms with E-state index in [9.17, 15) is 0 Å².